The highest BCUT2D eigenvalue weighted by Gasteiger charge is 2.29. The first kappa shape index (κ1) is 24.9. The summed E-state index contributed by atoms with van der Waals surface area (Å²) in [4.78, 5) is 29.5. The molecule has 0 aliphatic carbocycles. The first-order valence-electron chi connectivity index (χ1n) is 12.2. The Labute approximate surface area is 205 Å². The summed E-state index contributed by atoms with van der Waals surface area (Å²) in [5, 5.41) is 16.2. The molecule has 3 amide bonds. The summed E-state index contributed by atoms with van der Waals surface area (Å²) in [6.07, 6.45) is 2.80. The second-order valence-corrected chi connectivity index (χ2v) is 9.09. The maximum absolute atomic E-state index is 13.1. The highest BCUT2D eigenvalue weighted by molar-refractivity contribution is 5.94. The molecule has 9 heteroatoms. The van der Waals surface area contributed by atoms with E-state index in [1.54, 1.807) is 29.2 Å². The van der Waals surface area contributed by atoms with Crippen LogP contribution in [0, 0.1) is 5.82 Å². The number of ether oxygens (including phenoxy) is 1. The Morgan fingerprint density at radius 2 is 1.71 bits per heavy atom. The SMILES string of the molecule is O=C(NC1CN(C(=O)Nc2ccc(F)cc2)CCCC1O)c1ccc(OCCN2CCCC2)cc1. The fourth-order valence-electron chi connectivity index (χ4n) is 4.46. The van der Waals surface area contributed by atoms with Crippen molar-refractivity contribution in [1.29, 1.82) is 0 Å². The first-order valence-corrected chi connectivity index (χ1v) is 12.2. The molecule has 0 saturated carbocycles. The number of aliphatic hydroxyl groups excluding tert-OH is 1. The molecule has 0 radical (unpaired) electrons. The predicted molar refractivity (Wildman–Crippen MR) is 131 cm³/mol. The van der Waals surface area contributed by atoms with Crippen LogP contribution in [0.1, 0.15) is 36.0 Å². The number of anilines is 1. The van der Waals surface area contributed by atoms with Gasteiger partial charge in [-0.15, -0.1) is 0 Å². The van der Waals surface area contributed by atoms with Gasteiger partial charge in [0, 0.05) is 30.9 Å². The second-order valence-electron chi connectivity index (χ2n) is 9.09. The minimum atomic E-state index is -0.768. The van der Waals surface area contributed by atoms with E-state index in [0.29, 0.717) is 43.0 Å². The predicted octanol–water partition coefficient (Wildman–Crippen LogP) is 3.09. The Morgan fingerprint density at radius 3 is 2.43 bits per heavy atom. The molecule has 35 heavy (non-hydrogen) atoms. The highest BCUT2D eigenvalue weighted by atomic mass is 19.1. The third kappa shape index (κ3) is 7.16. The molecule has 188 valence electrons. The number of halogens is 1. The summed E-state index contributed by atoms with van der Waals surface area (Å²) in [5.74, 6) is 0.00249. The van der Waals surface area contributed by atoms with E-state index in [4.69, 9.17) is 4.74 Å². The molecular formula is C26H33FN4O4. The molecule has 2 aromatic carbocycles. The van der Waals surface area contributed by atoms with Gasteiger partial charge in [-0.3, -0.25) is 9.69 Å². The monoisotopic (exact) mass is 484 g/mol. The number of carbonyl (C=O) groups is 2. The summed E-state index contributed by atoms with van der Waals surface area (Å²) < 4.78 is 18.9. The van der Waals surface area contributed by atoms with Crippen LogP contribution in [-0.2, 0) is 0 Å². The third-order valence-corrected chi connectivity index (χ3v) is 6.50. The Hall–Kier alpha value is -3.17. The van der Waals surface area contributed by atoms with Crippen molar-refractivity contribution in [2.45, 2.75) is 37.8 Å². The van der Waals surface area contributed by atoms with Crippen LogP contribution in [0.2, 0.25) is 0 Å². The van der Waals surface area contributed by atoms with Crippen molar-refractivity contribution in [2.24, 2.45) is 0 Å². The van der Waals surface area contributed by atoms with E-state index in [0.717, 1.165) is 19.6 Å². The Balaban J connectivity index is 1.30. The van der Waals surface area contributed by atoms with E-state index in [1.807, 2.05) is 0 Å². The average molecular weight is 485 g/mol. The van der Waals surface area contributed by atoms with E-state index in [1.165, 1.54) is 37.1 Å². The average Bonchev–Trinajstić information content (AvgIpc) is 3.31. The molecule has 2 aromatic rings. The second kappa shape index (κ2) is 12.0. The van der Waals surface area contributed by atoms with Crippen LogP contribution in [0.15, 0.2) is 48.5 Å². The van der Waals surface area contributed by atoms with Crippen molar-refractivity contribution >= 4 is 17.6 Å². The minimum absolute atomic E-state index is 0.164. The fourth-order valence-corrected chi connectivity index (χ4v) is 4.46. The number of hydrogen-bond donors (Lipinski definition) is 3. The van der Waals surface area contributed by atoms with Crippen molar-refractivity contribution in [3.05, 3.63) is 59.9 Å². The highest BCUT2D eigenvalue weighted by Crippen LogP contribution is 2.17. The molecule has 2 atom stereocenters. The lowest BCUT2D eigenvalue weighted by Gasteiger charge is -2.27. The molecule has 0 aromatic heterocycles. The fraction of sp³-hybridized carbons (Fsp3) is 0.462. The number of amides is 3. The van der Waals surface area contributed by atoms with Crippen LogP contribution in [0.5, 0.6) is 5.75 Å². The Kier molecular flexibility index (Phi) is 8.54. The van der Waals surface area contributed by atoms with Gasteiger partial charge in [-0.05, 0) is 87.3 Å². The van der Waals surface area contributed by atoms with Gasteiger partial charge >= 0.3 is 6.03 Å². The van der Waals surface area contributed by atoms with Gasteiger partial charge in [0.1, 0.15) is 18.2 Å². The zero-order valence-corrected chi connectivity index (χ0v) is 19.8. The molecule has 2 aliphatic rings. The molecule has 3 N–H and O–H groups in total. The van der Waals surface area contributed by atoms with Crippen LogP contribution in [-0.4, -0.2) is 78.3 Å². The standard InChI is InChI=1S/C26H33FN4O4/c27-20-7-9-21(10-8-20)28-26(34)31-15-3-4-24(32)23(18-31)29-25(33)19-5-11-22(12-6-19)35-17-16-30-13-1-2-14-30/h5-12,23-24,32H,1-4,13-18H2,(H,28,34)(H,29,33). The van der Waals surface area contributed by atoms with Crippen LogP contribution in [0.25, 0.3) is 0 Å². The first-order chi connectivity index (χ1) is 17.0. The van der Waals surface area contributed by atoms with E-state index >= 15 is 0 Å². The number of nitrogens with one attached hydrogen (secondary N) is 2. The van der Waals surface area contributed by atoms with Gasteiger partial charge in [-0.2, -0.15) is 0 Å². The summed E-state index contributed by atoms with van der Waals surface area (Å²) in [7, 11) is 0. The smallest absolute Gasteiger partial charge is 0.321 e. The zero-order chi connectivity index (χ0) is 24.6. The van der Waals surface area contributed by atoms with Crippen LogP contribution in [0.4, 0.5) is 14.9 Å². The maximum Gasteiger partial charge on any atom is 0.321 e. The van der Waals surface area contributed by atoms with Gasteiger partial charge in [-0.25, -0.2) is 9.18 Å². The molecule has 2 heterocycles. The summed E-state index contributed by atoms with van der Waals surface area (Å²) in [6, 6.07) is 11.5. The van der Waals surface area contributed by atoms with E-state index < -0.39 is 12.1 Å². The molecule has 8 nitrogen and oxygen atoms in total. The Bertz CT molecular complexity index is 980. The van der Waals surface area contributed by atoms with Crippen LogP contribution in [0.3, 0.4) is 0 Å². The normalized spacial score (nSPS) is 20.8. The Morgan fingerprint density at radius 1 is 1.00 bits per heavy atom. The van der Waals surface area contributed by atoms with Crippen LogP contribution >= 0.6 is 0 Å². The number of urea groups is 1. The van der Waals surface area contributed by atoms with Crippen molar-refractivity contribution in [2.75, 3.05) is 44.6 Å². The number of aliphatic hydroxyl groups is 1. The van der Waals surface area contributed by atoms with Gasteiger partial charge in [0.2, 0.25) is 0 Å². The number of rotatable bonds is 7. The molecule has 4 rings (SSSR count). The summed E-state index contributed by atoms with van der Waals surface area (Å²) in [6.45, 7) is 4.36. The van der Waals surface area contributed by atoms with Crippen molar-refractivity contribution < 1.29 is 23.8 Å². The maximum atomic E-state index is 13.1. The summed E-state index contributed by atoms with van der Waals surface area (Å²) >= 11 is 0. The van der Waals surface area contributed by atoms with Gasteiger partial charge in [0.05, 0.1) is 12.1 Å². The number of benzene rings is 2. The van der Waals surface area contributed by atoms with E-state index in [9.17, 15) is 19.1 Å². The molecule has 2 fully saturated rings. The third-order valence-electron chi connectivity index (χ3n) is 6.50. The molecule has 0 bridgehead atoms. The minimum Gasteiger partial charge on any atom is -0.492 e. The lowest BCUT2D eigenvalue weighted by Crippen LogP contribution is -2.50. The van der Waals surface area contributed by atoms with Crippen molar-refractivity contribution in [1.82, 2.24) is 15.1 Å². The van der Waals surface area contributed by atoms with Crippen molar-refractivity contribution in [3.8, 4) is 5.75 Å². The number of likely N-dealkylation sites (tertiary alicyclic amines) is 2. The molecule has 0 spiro atoms. The van der Waals surface area contributed by atoms with E-state index in [-0.39, 0.29) is 24.3 Å². The van der Waals surface area contributed by atoms with Gasteiger partial charge in [0.15, 0.2) is 0 Å². The number of nitrogens with zero attached hydrogens (tertiary/aromatic N) is 2. The van der Waals surface area contributed by atoms with E-state index in [2.05, 4.69) is 15.5 Å². The van der Waals surface area contributed by atoms with Gasteiger partial charge in [0.25, 0.3) is 5.91 Å². The topological polar surface area (TPSA) is 94.1 Å². The van der Waals surface area contributed by atoms with Gasteiger partial charge < -0.3 is 25.4 Å². The molecular weight excluding hydrogens is 451 g/mol. The van der Waals surface area contributed by atoms with Gasteiger partial charge in [-0.1, -0.05) is 0 Å². The summed E-state index contributed by atoms with van der Waals surface area (Å²) in [5.41, 5.74) is 0.931. The lowest BCUT2D eigenvalue weighted by atomic mass is 10.1. The quantitative estimate of drug-likeness (QED) is 0.562. The lowest BCUT2D eigenvalue weighted by molar-refractivity contribution is 0.0811. The molecule has 2 aliphatic heterocycles. The molecule has 2 saturated heterocycles. The molecule has 2 unspecified atom stereocenters. The van der Waals surface area contributed by atoms with Crippen LogP contribution < -0.4 is 15.4 Å². The zero-order valence-electron chi connectivity index (χ0n) is 19.8. The van der Waals surface area contributed by atoms with Crippen molar-refractivity contribution in [3.63, 3.8) is 0 Å². The number of hydrogen-bond acceptors (Lipinski definition) is 5. The largest absolute Gasteiger partial charge is 0.492 e. The number of carbonyl (C=O) groups excluding carboxylic acids is 2.